The highest BCUT2D eigenvalue weighted by atomic mass is 35.5. The highest BCUT2D eigenvalue weighted by Gasteiger charge is 2.18. The average Bonchev–Trinajstić information content (AvgIpc) is 2.45. The molecule has 0 aliphatic heterocycles. The molecule has 110 valence electrons. The maximum Gasteiger partial charge on any atom is 0.292 e. The van der Waals surface area contributed by atoms with Gasteiger partial charge >= 0.3 is 0 Å². The van der Waals surface area contributed by atoms with Crippen LogP contribution in [0.1, 0.15) is 25.1 Å². The summed E-state index contributed by atoms with van der Waals surface area (Å²) in [5.41, 5.74) is 0.846. The summed E-state index contributed by atoms with van der Waals surface area (Å²) >= 11 is 5.89. The first kappa shape index (κ1) is 15.2. The van der Waals surface area contributed by atoms with Crippen molar-refractivity contribution in [2.75, 3.05) is 5.32 Å². The Kier molecular flexibility index (Phi) is 4.70. The summed E-state index contributed by atoms with van der Waals surface area (Å²) in [7, 11) is 0. The van der Waals surface area contributed by atoms with Crippen LogP contribution in [0.3, 0.4) is 0 Å². The summed E-state index contributed by atoms with van der Waals surface area (Å²) in [5.74, 6) is -0.428. The molecule has 7 heteroatoms. The highest BCUT2D eigenvalue weighted by molar-refractivity contribution is 6.31. The van der Waals surface area contributed by atoms with E-state index in [0.29, 0.717) is 22.8 Å². The van der Waals surface area contributed by atoms with E-state index in [1.54, 1.807) is 6.07 Å². The van der Waals surface area contributed by atoms with Crippen molar-refractivity contribution in [2.24, 2.45) is 0 Å². The van der Waals surface area contributed by atoms with Gasteiger partial charge in [-0.1, -0.05) is 18.5 Å². The molecule has 0 saturated carbocycles. The number of nitrogens with one attached hydrogen (secondary N) is 1. The molecule has 21 heavy (non-hydrogen) atoms. The number of hydrogen-bond acceptors (Lipinski definition) is 4. The Morgan fingerprint density at radius 1 is 1.43 bits per heavy atom. The minimum absolute atomic E-state index is 0.0695. The van der Waals surface area contributed by atoms with Crippen molar-refractivity contribution in [3.8, 4) is 0 Å². The minimum Gasteiger partial charge on any atom is -0.371 e. The molecular weight excluding hydrogens is 297 g/mol. The molecule has 1 N–H and O–H groups in total. The van der Waals surface area contributed by atoms with Crippen LogP contribution in [0.4, 0.5) is 15.8 Å². The van der Waals surface area contributed by atoms with E-state index in [1.165, 1.54) is 24.3 Å². The number of nitro benzene ring substituents is 1. The summed E-state index contributed by atoms with van der Waals surface area (Å²) in [6, 6.07) is 6.87. The number of nitrogens with zero attached hydrogens (tertiary/aromatic N) is 2. The molecule has 0 fully saturated rings. The van der Waals surface area contributed by atoms with Gasteiger partial charge < -0.3 is 5.32 Å². The Balaban J connectivity index is 2.32. The van der Waals surface area contributed by atoms with Gasteiger partial charge in [0.05, 0.1) is 22.9 Å². The zero-order valence-corrected chi connectivity index (χ0v) is 12.0. The first-order chi connectivity index (χ1) is 10.0. The van der Waals surface area contributed by atoms with Crippen LogP contribution in [0.5, 0.6) is 0 Å². The number of pyridine rings is 1. The number of nitro groups is 1. The molecule has 1 atom stereocenters. The molecule has 0 spiro atoms. The zero-order valence-electron chi connectivity index (χ0n) is 11.2. The van der Waals surface area contributed by atoms with E-state index in [1.807, 2.05) is 6.92 Å². The summed E-state index contributed by atoms with van der Waals surface area (Å²) < 4.78 is 12.9. The smallest absolute Gasteiger partial charge is 0.292 e. The first-order valence-electron chi connectivity index (χ1n) is 6.33. The third-order valence-electron chi connectivity index (χ3n) is 3.00. The van der Waals surface area contributed by atoms with E-state index >= 15 is 0 Å². The average molecular weight is 310 g/mol. The Morgan fingerprint density at radius 2 is 2.19 bits per heavy atom. The molecule has 0 amide bonds. The Bertz CT molecular complexity index is 649. The van der Waals surface area contributed by atoms with E-state index in [0.717, 1.165) is 6.20 Å². The van der Waals surface area contributed by atoms with Crippen LogP contribution in [-0.4, -0.2) is 9.91 Å². The number of aromatic nitrogens is 1. The summed E-state index contributed by atoms with van der Waals surface area (Å²) in [4.78, 5) is 14.6. The number of halogens is 2. The van der Waals surface area contributed by atoms with Crippen LogP contribution >= 0.6 is 11.6 Å². The molecular formula is C14H13ClFN3O2. The third kappa shape index (κ3) is 3.66. The van der Waals surface area contributed by atoms with Crippen molar-refractivity contribution in [1.29, 1.82) is 0 Å². The molecule has 0 bridgehead atoms. The zero-order chi connectivity index (χ0) is 15.4. The topological polar surface area (TPSA) is 68.1 Å². The molecule has 1 unspecified atom stereocenters. The van der Waals surface area contributed by atoms with Gasteiger partial charge in [-0.3, -0.25) is 15.1 Å². The molecule has 0 aliphatic rings. The van der Waals surface area contributed by atoms with Crippen LogP contribution in [0.2, 0.25) is 5.02 Å². The number of anilines is 1. The lowest BCUT2D eigenvalue weighted by Gasteiger charge is -2.18. The minimum atomic E-state index is -0.483. The quantitative estimate of drug-likeness (QED) is 0.658. The third-order valence-corrected chi connectivity index (χ3v) is 3.24. The lowest BCUT2D eigenvalue weighted by atomic mass is 10.1. The number of rotatable bonds is 5. The van der Waals surface area contributed by atoms with Gasteiger partial charge in [0, 0.05) is 11.1 Å². The fourth-order valence-electron chi connectivity index (χ4n) is 1.95. The monoisotopic (exact) mass is 309 g/mol. The van der Waals surface area contributed by atoms with E-state index in [4.69, 9.17) is 11.6 Å². The van der Waals surface area contributed by atoms with Crippen molar-refractivity contribution in [3.05, 3.63) is 63.2 Å². The largest absolute Gasteiger partial charge is 0.371 e. The Morgan fingerprint density at radius 3 is 2.76 bits per heavy atom. The van der Waals surface area contributed by atoms with Gasteiger partial charge in [-0.2, -0.15) is 0 Å². The molecule has 0 aliphatic carbocycles. The van der Waals surface area contributed by atoms with Crippen molar-refractivity contribution >= 4 is 23.0 Å². The fourth-order valence-corrected chi connectivity index (χ4v) is 2.12. The second-order valence-electron chi connectivity index (χ2n) is 4.43. The van der Waals surface area contributed by atoms with Crippen molar-refractivity contribution in [3.63, 3.8) is 0 Å². The first-order valence-corrected chi connectivity index (χ1v) is 6.71. The second kappa shape index (κ2) is 6.49. The molecule has 1 heterocycles. The standard InChI is InChI=1S/C14H13ClFN3O2/c1-2-11(12-5-4-10(16)8-17-12)18-13-7-9(15)3-6-14(13)19(20)21/h3-8,11,18H,2H2,1H3. The van der Waals surface area contributed by atoms with Gasteiger partial charge in [0.25, 0.3) is 5.69 Å². The van der Waals surface area contributed by atoms with E-state index in [2.05, 4.69) is 10.3 Å². The second-order valence-corrected chi connectivity index (χ2v) is 4.86. The SMILES string of the molecule is CCC(Nc1cc(Cl)ccc1[N+](=O)[O-])c1ccc(F)cn1. The lowest BCUT2D eigenvalue weighted by Crippen LogP contribution is -2.12. The van der Waals surface area contributed by atoms with Gasteiger partial charge in [-0.15, -0.1) is 0 Å². The van der Waals surface area contributed by atoms with Gasteiger partial charge in [-0.05, 0) is 30.7 Å². The number of benzene rings is 1. The molecule has 1 aromatic carbocycles. The molecule has 0 saturated heterocycles. The fraction of sp³-hybridized carbons (Fsp3) is 0.214. The van der Waals surface area contributed by atoms with Gasteiger partial charge in [0.15, 0.2) is 0 Å². The summed E-state index contributed by atoms with van der Waals surface area (Å²) in [6.07, 6.45) is 1.74. The van der Waals surface area contributed by atoms with Gasteiger partial charge in [-0.25, -0.2) is 4.39 Å². The van der Waals surface area contributed by atoms with Crippen molar-refractivity contribution < 1.29 is 9.31 Å². The Hall–Kier alpha value is -2.21. The predicted molar refractivity (Wildman–Crippen MR) is 79.0 cm³/mol. The van der Waals surface area contributed by atoms with Crippen LogP contribution in [0.25, 0.3) is 0 Å². The molecule has 0 radical (unpaired) electrons. The van der Waals surface area contributed by atoms with Crippen molar-refractivity contribution in [2.45, 2.75) is 19.4 Å². The summed E-state index contributed by atoms with van der Waals surface area (Å²) in [6.45, 7) is 1.90. The van der Waals surface area contributed by atoms with E-state index in [9.17, 15) is 14.5 Å². The lowest BCUT2D eigenvalue weighted by molar-refractivity contribution is -0.384. The molecule has 2 aromatic rings. The van der Waals surface area contributed by atoms with Gasteiger partial charge in [0.1, 0.15) is 11.5 Å². The Labute approximate surface area is 125 Å². The maximum absolute atomic E-state index is 12.9. The maximum atomic E-state index is 12.9. The molecule has 1 aromatic heterocycles. The van der Waals surface area contributed by atoms with Crippen LogP contribution in [0, 0.1) is 15.9 Å². The molecule has 2 rings (SSSR count). The van der Waals surface area contributed by atoms with Crippen LogP contribution in [0.15, 0.2) is 36.5 Å². The van der Waals surface area contributed by atoms with Crippen molar-refractivity contribution in [1.82, 2.24) is 4.98 Å². The van der Waals surface area contributed by atoms with E-state index < -0.39 is 10.7 Å². The highest BCUT2D eigenvalue weighted by Crippen LogP contribution is 2.31. The van der Waals surface area contributed by atoms with Crippen LogP contribution < -0.4 is 5.32 Å². The summed E-state index contributed by atoms with van der Waals surface area (Å²) in [5, 5.41) is 14.5. The van der Waals surface area contributed by atoms with Crippen LogP contribution in [-0.2, 0) is 0 Å². The van der Waals surface area contributed by atoms with E-state index in [-0.39, 0.29) is 11.7 Å². The van der Waals surface area contributed by atoms with Gasteiger partial charge in [0.2, 0.25) is 0 Å². The predicted octanol–water partition coefficient (Wildman–Crippen LogP) is 4.35. The number of hydrogen-bond donors (Lipinski definition) is 1. The normalized spacial score (nSPS) is 12.0. The molecule has 5 nitrogen and oxygen atoms in total.